The molecular formula is C27H18InO6Y. The van der Waals surface area contributed by atoms with E-state index in [-0.39, 0.29) is 75.2 Å². The zero-order chi connectivity index (χ0) is 23.5. The summed E-state index contributed by atoms with van der Waals surface area (Å²) in [7, 11) is 0. The topological polar surface area (TPSA) is 112 Å². The molecule has 0 spiro atoms. The Balaban J connectivity index is 0.00000216. The van der Waals surface area contributed by atoms with E-state index in [1.165, 1.54) is 36.4 Å². The first-order chi connectivity index (χ1) is 15.8. The van der Waals surface area contributed by atoms with Gasteiger partial charge in [-0.2, -0.15) is 0 Å². The Labute approximate surface area is 245 Å². The Bertz CT molecular complexity index is 1180. The number of hydrogen-bond donors (Lipinski definition) is 3. The van der Waals surface area contributed by atoms with Gasteiger partial charge in [-0.25, -0.2) is 14.4 Å². The molecule has 4 aromatic carbocycles. The molecule has 6 nitrogen and oxygen atoms in total. The summed E-state index contributed by atoms with van der Waals surface area (Å²) < 4.78 is 0. The third-order valence-electron chi connectivity index (χ3n) is 5.33. The van der Waals surface area contributed by atoms with Crippen LogP contribution < -0.4 is 0 Å². The molecule has 0 saturated carbocycles. The summed E-state index contributed by atoms with van der Waals surface area (Å²) in [5.41, 5.74) is 5.50. The van der Waals surface area contributed by atoms with Crippen molar-refractivity contribution in [3.05, 3.63) is 108 Å². The fourth-order valence-electron chi connectivity index (χ4n) is 3.54. The van der Waals surface area contributed by atoms with Crippen LogP contribution in [0.3, 0.4) is 0 Å². The van der Waals surface area contributed by atoms with Gasteiger partial charge in [-0.1, -0.05) is 36.4 Å². The number of carboxylic acids is 3. The number of aromatic carboxylic acids is 3. The van der Waals surface area contributed by atoms with Crippen molar-refractivity contribution in [1.82, 2.24) is 0 Å². The standard InChI is InChI=1S/C27H18O6.In.Y/c28-25(29)19-7-1-16(2-8-19)22-13-23(17-3-9-20(10-4-17)26(30)31)15-24(14-22)18-5-11-21(12-6-18)27(32)33;;/h1-15H,(H,28,29)(H,30,31)(H,32,33);;. The van der Waals surface area contributed by atoms with E-state index in [1.54, 1.807) is 36.4 Å². The summed E-state index contributed by atoms with van der Waals surface area (Å²) >= 11 is 0. The Hall–Kier alpha value is -2.74. The second kappa shape index (κ2) is 12.3. The third-order valence-corrected chi connectivity index (χ3v) is 5.33. The Morgan fingerprint density at radius 1 is 0.400 bits per heavy atom. The van der Waals surface area contributed by atoms with Gasteiger partial charge in [0, 0.05) is 58.6 Å². The number of hydrogen-bond acceptors (Lipinski definition) is 3. The van der Waals surface area contributed by atoms with Gasteiger partial charge >= 0.3 is 17.9 Å². The monoisotopic (exact) mass is 642 g/mol. The van der Waals surface area contributed by atoms with E-state index < -0.39 is 17.9 Å². The molecule has 0 amide bonds. The Morgan fingerprint density at radius 3 is 0.771 bits per heavy atom. The molecule has 0 fully saturated rings. The summed E-state index contributed by atoms with van der Waals surface area (Å²) in [6.07, 6.45) is 0. The van der Waals surface area contributed by atoms with Crippen LogP contribution in [-0.4, -0.2) is 59.1 Å². The van der Waals surface area contributed by atoms with Gasteiger partial charge in [-0.3, -0.25) is 0 Å². The summed E-state index contributed by atoms with van der Waals surface area (Å²) in [6.45, 7) is 0. The first-order valence-corrected chi connectivity index (χ1v) is 9.98. The normalized spacial score (nSPS) is 9.94. The summed E-state index contributed by atoms with van der Waals surface area (Å²) in [4.78, 5) is 33.6. The fraction of sp³-hybridized carbons (Fsp3) is 0. The van der Waals surface area contributed by atoms with Gasteiger partial charge in [0.25, 0.3) is 0 Å². The predicted molar refractivity (Wildman–Crippen MR) is 129 cm³/mol. The van der Waals surface area contributed by atoms with Gasteiger partial charge in [0.05, 0.1) is 16.7 Å². The quantitative estimate of drug-likeness (QED) is 0.260. The number of benzene rings is 4. The molecule has 8 heteroatoms. The minimum atomic E-state index is -1.01. The molecule has 0 heterocycles. The van der Waals surface area contributed by atoms with Crippen LogP contribution in [0.2, 0.25) is 0 Å². The molecule has 0 aromatic heterocycles. The van der Waals surface area contributed by atoms with Gasteiger partial charge < -0.3 is 15.3 Å². The molecule has 4 aromatic rings. The van der Waals surface area contributed by atoms with E-state index >= 15 is 0 Å². The van der Waals surface area contributed by atoms with Crippen LogP contribution in [0.4, 0.5) is 0 Å². The van der Waals surface area contributed by atoms with E-state index in [0.29, 0.717) is 0 Å². The third kappa shape index (κ3) is 6.69. The molecule has 4 rings (SSSR count). The SMILES string of the molecule is O=C(O)c1ccc(-c2cc(-c3ccc(C(=O)O)cc3)cc(-c3ccc(C(=O)O)cc3)c2)cc1.[In].[Y]. The molecule has 0 aliphatic heterocycles. The van der Waals surface area contributed by atoms with Crippen LogP contribution in [0, 0.1) is 0 Å². The Morgan fingerprint density at radius 2 is 0.600 bits per heavy atom. The predicted octanol–water partition coefficient (Wildman–Crippen LogP) is 5.40. The molecule has 0 unspecified atom stereocenters. The summed E-state index contributed by atoms with van der Waals surface area (Å²) in [6, 6.07) is 25.4. The van der Waals surface area contributed by atoms with Crippen molar-refractivity contribution in [2.24, 2.45) is 0 Å². The number of carboxylic acid groups (broad SMARTS) is 3. The molecular weight excluding hydrogens is 624 g/mol. The zero-order valence-electron chi connectivity index (χ0n) is 18.4. The minimum absolute atomic E-state index is 0. The maximum Gasteiger partial charge on any atom is 0.335 e. The average Bonchev–Trinajstić information content (AvgIpc) is 2.84. The van der Waals surface area contributed by atoms with Crippen molar-refractivity contribution >= 4 is 43.8 Å². The van der Waals surface area contributed by atoms with E-state index in [4.69, 9.17) is 0 Å². The molecule has 3 N–H and O–H groups in total. The fourth-order valence-corrected chi connectivity index (χ4v) is 3.54. The molecule has 0 aliphatic carbocycles. The van der Waals surface area contributed by atoms with Crippen LogP contribution in [0.15, 0.2) is 91.0 Å². The van der Waals surface area contributed by atoms with Crippen molar-refractivity contribution in [2.45, 2.75) is 0 Å². The van der Waals surface area contributed by atoms with Crippen LogP contribution in [-0.2, 0) is 32.7 Å². The van der Waals surface area contributed by atoms with Crippen molar-refractivity contribution in [1.29, 1.82) is 0 Å². The van der Waals surface area contributed by atoms with Gasteiger partial charge in [-0.05, 0) is 88.0 Å². The van der Waals surface area contributed by atoms with Crippen molar-refractivity contribution in [3.63, 3.8) is 0 Å². The second-order valence-corrected chi connectivity index (χ2v) is 7.45. The van der Waals surface area contributed by atoms with Crippen molar-refractivity contribution < 1.29 is 62.4 Å². The van der Waals surface area contributed by atoms with Gasteiger partial charge in [0.1, 0.15) is 0 Å². The number of rotatable bonds is 6. The first kappa shape index (κ1) is 28.5. The van der Waals surface area contributed by atoms with E-state index in [1.807, 2.05) is 18.2 Å². The van der Waals surface area contributed by atoms with Crippen LogP contribution in [0.5, 0.6) is 0 Å². The second-order valence-electron chi connectivity index (χ2n) is 7.45. The van der Waals surface area contributed by atoms with Crippen LogP contribution in [0.1, 0.15) is 31.1 Å². The van der Waals surface area contributed by atoms with E-state index in [2.05, 4.69) is 0 Å². The van der Waals surface area contributed by atoms with E-state index in [0.717, 1.165) is 33.4 Å². The molecule has 0 bridgehead atoms. The van der Waals surface area contributed by atoms with Crippen molar-refractivity contribution in [3.8, 4) is 33.4 Å². The molecule has 4 radical (unpaired) electrons. The number of carbonyl (C=O) groups is 3. The smallest absolute Gasteiger partial charge is 0.335 e. The van der Waals surface area contributed by atoms with Crippen LogP contribution in [0.25, 0.3) is 33.4 Å². The summed E-state index contributed by atoms with van der Waals surface area (Å²) in [5, 5.41) is 27.5. The van der Waals surface area contributed by atoms with Gasteiger partial charge in [-0.15, -0.1) is 0 Å². The maximum absolute atomic E-state index is 11.2. The van der Waals surface area contributed by atoms with Crippen LogP contribution >= 0.6 is 0 Å². The van der Waals surface area contributed by atoms with Gasteiger partial charge in [0.15, 0.2) is 0 Å². The molecule has 168 valence electrons. The maximum atomic E-state index is 11.2. The molecule has 0 atom stereocenters. The van der Waals surface area contributed by atoms with E-state index in [9.17, 15) is 29.7 Å². The minimum Gasteiger partial charge on any atom is -0.478 e. The van der Waals surface area contributed by atoms with Gasteiger partial charge in [0.2, 0.25) is 0 Å². The molecule has 0 aliphatic rings. The first-order valence-electron chi connectivity index (χ1n) is 9.98. The summed E-state index contributed by atoms with van der Waals surface area (Å²) in [5.74, 6) is -3.02. The van der Waals surface area contributed by atoms with Crippen molar-refractivity contribution in [2.75, 3.05) is 0 Å². The molecule has 0 saturated heterocycles. The largest absolute Gasteiger partial charge is 0.478 e. The average molecular weight is 642 g/mol. The Kier molecular flexibility index (Phi) is 10.0. The molecule has 35 heavy (non-hydrogen) atoms. The zero-order valence-corrected chi connectivity index (χ0v) is 24.5.